The van der Waals surface area contributed by atoms with Gasteiger partial charge in [0.1, 0.15) is 6.04 Å². The normalized spacial score (nSPS) is 16.6. The molecule has 1 aromatic heterocycles. The van der Waals surface area contributed by atoms with Gasteiger partial charge in [0, 0.05) is 13.1 Å². The molecular weight excluding hydrogens is 260 g/mol. The summed E-state index contributed by atoms with van der Waals surface area (Å²) in [5, 5.41) is 2.94. The minimum Gasteiger partial charge on any atom is -0.467 e. The highest BCUT2D eigenvalue weighted by Gasteiger charge is 2.22. The van der Waals surface area contributed by atoms with Crippen LogP contribution in [0.1, 0.15) is 26.2 Å². The van der Waals surface area contributed by atoms with E-state index in [2.05, 4.69) is 20.3 Å². The Bertz CT molecular complexity index is 475. The minimum atomic E-state index is -0.417. The Balaban J connectivity index is 2.01. The van der Waals surface area contributed by atoms with E-state index in [1.54, 1.807) is 6.92 Å². The first-order chi connectivity index (χ1) is 9.60. The van der Waals surface area contributed by atoms with Crippen LogP contribution in [0.15, 0.2) is 0 Å². The number of methoxy groups -OCH3 is 1. The van der Waals surface area contributed by atoms with E-state index in [-0.39, 0.29) is 23.8 Å². The first-order valence-electron chi connectivity index (χ1n) is 6.71. The second-order valence-corrected chi connectivity index (χ2v) is 4.76. The number of carbonyl (C=O) groups excluding carboxylic acids is 1. The lowest BCUT2D eigenvalue weighted by Gasteiger charge is -2.29. The van der Waals surface area contributed by atoms with E-state index in [1.807, 2.05) is 4.90 Å². The van der Waals surface area contributed by atoms with Gasteiger partial charge in [0.2, 0.25) is 17.8 Å². The van der Waals surface area contributed by atoms with E-state index in [4.69, 9.17) is 10.5 Å². The van der Waals surface area contributed by atoms with Gasteiger partial charge in [-0.25, -0.2) is 0 Å². The number of hydrogen-bond donors (Lipinski definition) is 2. The summed E-state index contributed by atoms with van der Waals surface area (Å²) in [7, 11) is 1.45. The van der Waals surface area contributed by atoms with Crippen molar-refractivity contribution in [3.8, 4) is 6.01 Å². The van der Waals surface area contributed by atoms with E-state index < -0.39 is 6.04 Å². The van der Waals surface area contributed by atoms with Crippen molar-refractivity contribution in [1.82, 2.24) is 19.9 Å². The zero-order valence-electron chi connectivity index (χ0n) is 11.8. The fourth-order valence-electron chi connectivity index (χ4n) is 2.17. The van der Waals surface area contributed by atoms with Crippen LogP contribution in [0.3, 0.4) is 0 Å². The number of nitrogens with one attached hydrogen (secondary N) is 1. The van der Waals surface area contributed by atoms with Crippen LogP contribution in [-0.2, 0) is 4.79 Å². The highest BCUT2D eigenvalue weighted by molar-refractivity contribution is 5.83. The van der Waals surface area contributed by atoms with Gasteiger partial charge in [0.15, 0.2) is 0 Å². The van der Waals surface area contributed by atoms with Crippen LogP contribution in [0.2, 0.25) is 0 Å². The molecule has 1 aromatic rings. The fraction of sp³-hybridized carbons (Fsp3) is 0.667. The molecule has 2 heterocycles. The van der Waals surface area contributed by atoms with Crippen LogP contribution in [0, 0.1) is 0 Å². The number of anilines is 2. The minimum absolute atomic E-state index is 0.0441. The maximum absolute atomic E-state index is 12.3. The molecule has 1 aliphatic rings. The molecule has 1 saturated heterocycles. The van der Waals surface area contributed by atoms with E-state index >= 15 is 0 Å². The number of carbonyl (C=O) groups is 1. The zero-order chi connectivity index (χ0) is 14.5. The molecule has 1 aliphatic heterocycles. The number of rotatable bonds is 4. The molecule has 20 heavy (non-hydrogen) atoms. The van der Waals surface area contributed by atoms with E-state index in [1.165, 1.54) is 13.5 Å². The molecule has 0 bridgehead atoms. The molecule has 8 nitrogen and oxygen atoms in total. The second kappa shape index (κ2) is 6.36. The number of ether oxygens (including phenoxy) is 1. The number of hydrogen-bond acceptors (Lipinski definition) is 7. The largest absolute Gasteiger partial charge is 0.467 e. The molecule has 0 saturated carbocycles. The smallest absolute Gasteiger partial charge is 0.322 e. The molecule has 0 radical (unpaired) electrons. The van der Waals surface area contributed by atoms with E-state index in [9.17, 15) is 4.79 Å². The van der Waals surface area contributed by atoms with Crippen molar-refractivity contribution < 1.29 is 9.53 Å². The molecule has 1 amide bonds. The number of amides is 1. The van der Waals surface area contributed by atoms with Crippen LogP contribution in [-0.4, -0.2) is 52.0 Å². The summed E-state index contributed by atoms with van der Waals surface area (Å²) < 4.78 is 4.92. The predicted octanol–water partition coefficient (Wildman–Crippen LogP) is 0.275. The third kappa shape index (κ3) is 3.46. The third-order valence-corrected chi connectivity index (χ3v) is 3.20. The number of piperidine rings is 1. The Morgan fingerprint density at radius 3 is 2.65 bits per heavy atom. The Morgan fingerprint density at radius 2 is 2.00 bits per heavy atom. The molecule has 1 fully saturated rings. The Hall–Kier alpha value is -2.12. The molecule has 8 heteroatoms. The van der Waals surface area contributed by atoms with Crippen molar-refractivity contribution in [2.75, 3.05) is 31.2 Å². The summed E-state index contributed by atoms with van der Waals surface area (Å²) in [5.74, 6) is 0.340. The summed E-state index contributed by atoms with van der Waals surface area (Å²) in [6.07, 6.45) is 3.31. The van der Waals surface area contributed by atoms with Crippen molar-refractivity contribution in [2.45, 2.75) is 32.2 Å². The van der Waals surface area contributed by atoms with Crippen molar-refractivity contribution >= 4 is 17.8 Å². The van der Waals surface area contributed by atoms with E-state index in [0.29, 0.717) is 0 Å². The number of likely N-dealkylation sites (tertiary alicyclic amines) is 1. The van der Waals surface area contributed by atoms with Crippen LogP contribution in [0.4, 0.5) is 11.9 Å². The number of nitrogens with two attached hydrogens (primary N) is 1. The van der Waals surface area contributed by atoms with Gasteiger partial charge in [0.05, 0.1) is 7.11 Å². The molecule has 2 rings (SSSR count). The van der Waals surface area contributed by atoms with Crippen molar-refractivity contribution in [2.24, 2.45) is 0 Å². The van der Waals surface area contributed by atoms with Gasteiger partial charge in [-0.15, -0.1) is 0 Å². The lowest BCUT2D eigenvalue weighted by atomic mass is 10.1. The van der Waals surface area contributed by atoms with Crippen LogP contribution in [0.5, 0.6) is 6.01 Å². The zero-order valence-corrected chi connectivity index (χ0v) is 11.8. The lowest BCUT2D eigenvalue weighted by Crippen LogP contribution is -2.44. The lowest BCUT2D eigenvalue weighted by molar-refractivity contribution is -0.132. The van der Waals surface area contributed by atoms with Crippen molar-refractivity contribution in [1.29, 1.82) is 0 Å². The molecule has 3 N–H and O–H groups in total. The fourth-order valence-corrected chi connectivity index (χ4v) is 2.17. The summed E-state index contributed by atoms with van der Waals surface area (Å²) in [4.78, 5) is 25.9. The van der Waals surface area contributed by atoms with Crippen molar-refractivity contribution in [3.05, 3.63) is 0 Å². The second-order valence-electron chi connectivity index (χ2n) is 4.76. The van der Waals surface area contributed by atoms with Crippen LogP contribution >= 0.6 is 0 Å². The Labute approximate surface area is 117 Å². The summed E-state index contributed by atoms with van der Waals surface area (Å²) in [6, 6.07) is -0.294. The van der Waals surface area contributed by atoms with Crippen LogP contribution < -0.4 is 15.8 Å². The Kier molecular flexibility index (Phi) is 4.54. The Morgan fingerprint density at radius 1 is 1.30 bits per heavy atom. The first-order valence-corrected chi connectivity index (χ1v) is 6.71. The van der Waals surface area contributed by atoms with Gasteiger partial charge in [0.25, 0.3) is 0 Å². The molecule has 0 spiro atoms. The highest BCUT2D eigenvalue weighted by Crippen LogP contribution is 2.13. The van der Waals surface area contributed by atoms with E-state index in [0.717, 1.165) is 25.9 Å². The van der Waals surface area contributed by atoms with Crippen LogP contribution in [0.25, 0.3) is 0 Å². The summed E-state index contributed by atoms with van der Waals surface area (Å²) in [6.45, 7) is 3.41. The molecule has 1 atom stereocenters. The molecular formula is C12H20N6O2. The van der Waals surface area contributed by atoms with Gasteiger partial charge < -0.3 is 20.7 Å². The quantitative estimate of drug-likeness (QED) is 0.815. The summed E-state index contributed by atoms with van der Waals surface area (Å²) in [5.41, 5.74) is 5.55. The van der Waals surface area contributed by atoms with Gasteiger partial charge >= 0.3 is 6.01 Å². The van der Waals surface area contributed by atoms with Gasteiger partial charge in [-0.2, -0.15) is 15.0 Å². The number of aromatic nitrogens is 3. The monoisotopic (exact) mass is 280 g/mol. The average Bonchev–Trinajstić information content (AvgIpc) is 2.46. The molecule has 0 aliphatic carbocycles. The topological polar surface area (TPSA) is 106 Å². The SMILES string of the molecule is COc1nc(N)nc(NC(C)C(=O)N2CCCCC2)n1. The maximum Gasteiger partial charge on any atom is 0.322 e. The van der Waals surface area contributed by atoms with Gasteiger partial charge in [-0.1, -0.05) is 0 Å². The average molecular weight is 280 g/mol. The molecule has 1 unspecified atom stereocenters. The molecule has 110 valence electrons. The molecule has 0 aromatic carbocycles. The number of nitrogen functional groups attached to an aromatic ring is 1. The standard InChI is InChI=1S/C12H20N6O2/c1-8(9(19)18-6-4-3-5-7-18)14-11-15-10(13)16-12(17-11)20-2/h8H,3-7H2,1-2H3,(H3,13,14,15,16,17). The predicted molar refractivity (Wildman–Crippen MR) is 74.3 cm³/mol. The van der Waals surface area contributed by atoms with Crippen molar-refractivity contribution in [3.63, 3.8) is 0 Å². The third-order valence-electron chi connectivity index (χ3n) is 3.20. The highest BCUT2D eigenvalue weighted by atomic mass is 16.5. The summed E-state index contributed by atoms with van der Waals surface area (Å²) >= 11 is 0. The van der Waals surface area contributed by atoms with Gasteiger partial charge in [-0.05, 0) is 26.2 Å². The first kappa shape index (κ1) is 14.3. The maximum atomic E-state index is 12.3. The number of nitrogens with zero attached hydrogens (tertiary/aromatic N) is 4. The van der Waals surface area contributed by atoms with Gasteiger partial charge in [-0.3, -0.25) is 4.79 Å².